The Morgan fingerprint density at radius 1 is 1.50 bits per heavy atom. The summed E-state index contributed by atoms with van der Waals surface area (Å²) in [7, 11) is 0. The van der Waals surface area contributed by atoms with Crippen molar-refractivity contribution in [3.63, 3.8) is 0 Å². The number of nitrogens with two attached hydrogens (primary N) is 2. The number of hydrogen-bond donors (Lipinski definition) is 3. The second-order valence-corrected chi connectivity index (χ2v) is 5.01. The highest BCUT2D eigenvalue weighted by Crippen LogP contribution is 2.62. The quantitative estimate of drug-likeness (QED) is 0.615. The number of fused-ring (bicyclic) bond motifs is 2. The van der Waals surface area contributed by atoms with Crippen LogP contribution in [-0.2, 0) is 0 Å². The number of aliphatic hydroxyl groups is 1. The topological polar surface area (TPSA) is 72.3 Å². The molecular weight excluding hydrogens is 200 g/mol. The summed E-state index contributed by atoms with van der Waals surface area (Å²) in [4.78, 5) is 0. The minimum Gasteiger partial charge on any atom is -0.401 e. The number of allylic oxidation sites excluding steroid dienone is 3. The van der Waals surface area contributed by atoms with E-state index < -0.39 is 0 Å². The van der Waals surface area contributed by atoms with Crippen LogP contribution in [0.5, 0.6) is 0 Å². The van der Waals surface area contributed by atoms with Crippen molar-refractivity contribution in [2.45, 2.75) is 13.0 Å². The molecule has 0 spiro atoms. The van der Waals surface area contributed by atoms with Crippen LogP contribution in [0.15, 0.2) is 36.6 Å². The van der Waals surface area contributed by atoms with Crippen molar-refractivity contribution < 1.29 is 5.11 Å². The Morgan fingerprint density at radius 2 is 2.12 bits per heavy atom. The summed E-state index contributed by atoms with van der Waals surface area (Å²) in [5, 5.41) is 9.50. The maximum atomic E-state index is 9.50. The highest BCUT2D eigenvalue weighted by molar-refractivity contribution is 5.45. The van der Waals surface area contributed by atoms with Gasteiger partial charge in [0.25, 0.3) is 0 Å². The molecule has 0 radical (unpaired) electrons. The summed E-state index contributed by atoms with van der Waals surface area (Å²) in [6, 6.07) is -0.0571. The Bertz CT molecular complexity index is 374. The second-order valence-electron chi connectivity index (χ2n) is 5.01. The molecule has 3 heteroatoms. The first-order chi connectivity index (χ1) is 7.53. The summed E-state index contributed by atoms with van der Waals surface area (Å²) >= 11 is 0. The Balaban J connectivity index is 2.58. The van der Waals surface area contributed by atoms with Crippen molar-refractivity contribution >= 4 is 0 Å². The lowest BCUT2D eigenvalue weighted by molar-refractivity contribution is 0.131. The van der Waals surface area contributed by atoms with Gasteiger partial charge in [-0.2, -0.15) is 0 Å². The first-order valence-electron chi connectivity index (χ1n) is 5.65. The van der Waals surface area contributed by atoms with Gasteiger partial charge in [-0.1, -0.05) is 25.7 Å². The summed E-state index contributed by atoms with van der Waals surface area (Å²) in [5.74, 6) is 0.397. The molecule has 5 unspecified atom stereocenters. The summed E-state index contributed by atoms with van der Waals surface area (Å²) in [6.07, 6.45) is 3.72. The van der Waals surface area contributed by atoms with Gasteiger partial charge in [-0.15, -0.1) is 6.58 Å². The van der Waals surface area contributed by atoms with E-state index in [0.29, 0.717) is 0 Å². The average Bonchev–Trinajstić information content (AvgIpc) is 2.61. The smallest absolute Gasteiger partial charge is 0.0483 e. The molecule has 88 valence electrons. The molecule has 0 aromatic carbocycles. The van der Waals surface area contributed by atoms with Crippen LogP contribution < -0.4 is 11.5 Å². The third-order valence-corrected chi connectivity index (χ3v) is 4.65. The molecule has 0 aromatic rings. The van der Waals surface area contributed by atoms with Gasteiger partial charge in [0.1, 0.15) is 0 Å². The van der Waals surface area contributed by atoms with Crippen LogP contribution >= 0.6 is 0 Å². The second kappa shape index (κ2) is 3.47. The molecule has 2 bridgehead atoms. The van der Waals surface area contributed by atoms with Crippen molar-refractivity contribution in [2.24, 2.45) is 34.6 Å². The molecule has 5 N–H and O–H groups in total. The Kier molecular flexibility index (Phi) is 2.48. The van der Waals surface area contributed by atoms with Crippen LogP contribution in [0.1, 0.15) is 6.92 Å². The maximum Gasteiger partial charge on any atom is 0.0483 e. The van der Waals surface area contributed by atoms with Crippen LogP contribution in [0.3, 0.4) is 0 Å². The van der Waals surface area contributed by atoms with E-state index in [2.05, 4.69) is 20.1 Å². The molecule has 0 heterocycles. The average molecular weight is 220 g/mol. The van der Waals surface area contributed by atoms with Gasteiger partial charge in [0.2, 0.25) is 0 Å². The summed E-state index contributed by atoms with van der Waals surface area (Å²) < 4.78 is 0. The van der Waals surface area contributed by atoms with E-state index in [9.17, 15) is 5.11 Å². The summed E-state index contributed by atoms with van der Waals surface area (Å²) in [6.45, 7) is 9.84. The van der Waals surface area contributed by atoms with Crippen LogP contribution in [-0.4, -0.2) is 17.8 Å². The lowest BCUT2D eigenvalue weighted by Gasteiger charge is -2.36. The molecule has 3 nitrogen and oxygen atoms in total. The minimum absolute atomic E-state index is 0.0178. The van der Waals surface area contributed by atoms with Gasteiger partial charge in [-0.3, -0.25) is 0 Å². The third kappa shape index (κ3) is 1.00. The zero-order valence-corrected chi connectivity index (χ0v) is 9.69. The van der Waals surface area contributed by atoms with E-state index >= 15 is 0 Å². The predicted molar refractivity (Wildman–Crippen MR) is 65.2 cm³/mol. The van der Waals surface area contributed by atoms with E-state index in [0.717, 1.165) is 11.3 Å². The SMILES string of the molecule is C=CC1=C(N)C2(C)C(C=C)C1C(N)C2CO. The molecule has 0 aromatic heterocycles. The zero-order valence-electron chi connectivity index (χ0n) is 9.69. The van der Waals surface area contributed by atoms with E-state index in [1.165, 1.54) is 0 Å². The van der Waals surface area contributed by atoms with E-state index in [1.807, 2.05) is 6.08 Å². The van der Waals surface area contributed by atoms with Crippen molar-refractivity contribution in [1.82, 2.24) is 0 Å². The van der Waals surface area contributed by atoms with E-state index in [4.69, 9.17) is 11.5 Å². The molecule has 0 amide bonds. The van der Waals surface area contributed by atoms with Crippen LogP contribution in [0.25, 0.3) is 0 Å². The van der Waals surface area contributed by atoms with Gasteiger partial charge >= 0.3 is 0 Å². The van der Waals surface area contributed by atoms with E-state index in [1.54, 1.807) is 6.08 Å². The molecule has 2 rings (SSSR count). The summed E-state index contributed by atoms with van der Waals surface area (Å²) in [5.41, 5.74) is 14.0. The molecule has 1 saturated carbocycles. The Hall–Kier alpha value is -1.06. The molecule has 0 aliphatic heterocycles. The van der Waals surface area contributed by atoms with Crippen LogP contribution in [0.4, 0.5) is 0 Å². The largest absolute Gasteiger partial charge is 0.401 e. The van der Waals surface area contributed by atoms with E-state index in [-0.39, 0.29) is 35.8 Å². The van der Waals surface area contributed by atoms with Crippen molar-refractivity contribution in [3.05, 3.63) is 36.6 Å². The van der Waals surface area contributed by atoms with Gasteiger partial charge in [0.05, 0.1) is 0 Å². The molecule has 1 fully saturated rings. The fraction of sp³-hybridized carbons (Fsp3) is 0.538. The Labute approximate surface area is 96.5 Å². The minimum atomic E-state index is -0.260. The standard InChI is InChI=1S/C13H20N2O/c1-4-7-10-8(5-2)13(3,12(7)15)9(6-16)11(10)14/h4-5,8-11,16H,1-2,6,14-15H2,3H3. The molecular formula is C13H20N2O. The lowest BCUT2D eigenvalue weighted by Crippen LogP contribution is -2.44. The first kappa shape index (κ1) is 11.4. The lowest BCUT2D eigenvalue weighted by atomic mass is 9.72. The normalized spacial score (nSPS) is 46.2. The van der Waals surface area contributed by atoms with Gasteiger partial charge in [0, 0.05) is 35.6 Å². The highest BCUT2D eigenvalue weighted by Gasteiger charge is 2.62. The van der Waals surface area contributed by atoms with Crippen LogP contribution in [0.2, 0.25) is 0 Å². The van der Waals surface area contributed by atoms with Crippen molar-refractivity contribution in [2.75, 3.05) is 6.61 Å². The molecule has 2 aliphatic carbocycles. The van der Waals surface area contributed by atoms with Gasteiger partial charge in [-0.05, 0) is 11.5 Å². The number of rotatable bonds is 3. The number of hydrogen-bond acceptors (Lipinski definition) is 3. The molecule has 0 saturated heterocycles. The van der Waals surface area contributed by atoms with Gasteiger partial charge < -0.3 is 16.6 Å². The van der Waals surface area contributed by atoms with Gasteiger partial charge in [-0.25, -0.2) is 0 Å². The predicted octanol–water partition coefficient (Wildman–Crippen LogP) is 0.773. The van der Waals surface area contributed by atoms with Crippen molar-refractivity contribution in [3.8, 4) is 0 Å². The fourth-order valence-corrected chi connectivity index (χ4v) is 3.73. The zero-order chi connectivity index (χ0) is 12.1. The molecule has 2 aliphatic rings. The monoisotopic (exact) mass is 220 g/mol. The maximum absolute atomic E-state index is 9.50. The van der Waals surface area contributed by atoms with Gasteiger partial charge in [0.15, 0.2) is 0 Å². The Morgan fingerprint density at radius 3 is 2.56 bits per heavy atom. The fourth-order valence-electron chi connectivity index (χ4n) is 3.73. The first-order valence-corrected chi connectivity index (χ1v) is 5.65. The van der Waals surface area contributed by atoms with Crippen LogP contribution in [0, 0.1) is 23.2 Å². The highest BCUT2D eigenvalue weighted by atomic mass is 16.3. The molecule has 16 heavy (non-hydrogen) atoms. The van der Waals surface area contributed by atoms with Crippen molar-refractivity contribution in [1.29, 1.82) is 0 Å². The third-order valence-electron chi connectivity index (χ3n) is 4.65. The number of aliphatic hydroxyl groups excluding tert-OH is 1. The molecule has 5 atom stereocenters.